The predicted octanol–water partition coefficient (Wildman–Crippen LogP) is 2.70. The lowest BCUT2D eigenvalue weighted by Gasteiger charge is -2.19. The second kappa shape index (κ2) is 3.45. The summed E-state index contributed by atoms with van der Waals surface area (Å²) in [5.74, 6) is 1.39. The molecule has 0 amide bonds. The van der Waals surface area contributed by atoms with E-state index in [0.717, 1.165) is 29.1 Å². The maximum Gasteiger partial charge on any atom is 0.141 e. The fraction of sp³-hybridized carbons (Fsp3) is 0.417. The molecular weight excluding hydrogens is 174 g/mol. The first-order chi connectivity index (χ1) is 6.66. The highest BCUT2D eigenvalue weighted by atomic mass is 16.5. The Labute approximate surface area is 84.6 Å². The minimum absolute atomic E-state index is 0.468. The van der Waals surface area contributed by atoms with Crippen LogP contribution in [0.4, 0.5) is 0 Å². The molecule has 2 heterocycles. The Morgan fingerprint density at radius 1 is 1.43 bits per heavy atom. The van der Waals surface area contributed by atoms with E-state index in [1.165, 1.54) is 0 Å². The number of aromatic nitrogens is 1. The standard InChI is InChI=1S/C12H15NO/c1-8(2)10-4-5-12-11(13-10)6-9(3)7-14-12/h4-5,8H,3,6-7H2,1-2H3. The van der Waals surface area contributed by atoms with Crippen LogP contribution >= 0.6 is 0 Å². The summed E-state index contributed by atoms with van der Waals surface area (Å²) in [6.07, 6.45) is 0.857. The maximum absolute atomic E-state index is 5.51. The topological polar surface area (TPSA) is 22.1 Å². The monoisotopic (exact) mass is 189 g/mol. The average Bonchev–Trinajstić information content (AvgIpc) is 2.16. The van der Waals surface area contributed by atoms with Gasteiger partial charge in [-0.1, -0.05) is 20.4 Å². The summed E-state index contributed by atoms with van der Waals surface area (Å²) in [7, 11) is 0. The van der Waals surface area contributed by atoms with E-state index >= 15 is 0 Å². The van der Waals surface area contributed by atoms with Gasteiger partial charge in [0.25, 0.3) is 0 Å². The Hall–Kier alpha value is -1.31. The molecule has 0 fully saturated rings. The number of ether oxygens (including phenoxy) is 1. The molecule has 0 saturated heterocycles. The average molecular weight is 189 g/mol. The summed E-state index contributed by atoms with van der Waals surface area (Å²) >= 11 is 0. The van der Waals surface area contributed by atoms with Crippen LogP contribution in [0.15, 0.2) is 24.3 Å². The van der Waals surface area contributed by atoms with Crippen LogP contribution in [-0.4, -0.2) is 11.6 Å². The lowest BCUT2D eigenvalue weighted by molar-refractivity contribution is 0.328. The van der Waals surface area contributed by atoms with Gasteiger partial charge < -0.3 is 4.74 Å². The molecule has 1 aliphatic heterocycles. The van der Waals surface area contributed by atoms with Crippen LogP contribution < -0.4 is 4.74 Å². The molecule has 1 aliphatic rings. The van der Waals surface area contributed by atoms with Crippen LogP contribution in [0.1, 0.15) is 31.2 Å². The lowest BCUT2D eigenvalue weighted by atomic mass is 10.1. The zero-order chi connectivity index (χ0) is 10.1. The summed E-state index contributed by atoms with van der Waals surface area (Å²) in [5.41, 5.74) is 3.26. The number of rotatable bonds is 1. The molecule has 0 spiro atoms. The number of fused-ring (bicyclic) bond motifs is 1. The third kappa shape index (κ3) is 1.65. The smallest absolute Gasteiger partial charge is 0.141 e. The first-order valence-corrected chi connectivity index (χ1v) is 4.96. The van der Waals surface area contributed by atoms with Crippen molar-refractivity contribution in [1.82, 2.24) is 4.98 Å². The van der Waals surface area contributed by atoms with Crippen molar-refractivity contribution >= 4 is 0 Å². The van der Waals surface area contributed by atoms with Crippen molar-refractivity contribution in [2.24, 2.45) is 0 Å². The molecule has 2 nitrogen and oxygen atoms in total. The molecule has 14 heavy (non-hydrogen) atoms. The van der Waals surface area contributed by atoms with Crippen molar-refractivity contribution in [1.29, 1.82) is 0 Å². The zero-order valence-electron chi connectivity index (χ0n) is 8.71. The van der Waals surface area contributed by atoms with Crippen molar-refractivity contribution in [2.45, 2.75) is 26.2 Å². The third-order valence-corrected chi connectivity index (χ3v) is 2.39. The molecule has 0 radical (unpaired) electrons. The molecule has 74 valence electrons. The zero-order valence-corrected chi connectivity index (χ0v) is 8.71. The van der Waals surface area contributed by atoms with Gasteiger partial charge >= 0.3 is 0 Å². The van der Waals surface area contributed by atoms with Crippen LogP contribution in [-0.2, 0) is 6.42 Å². The number of pyridine rings is 1. The number of hydrogen-bond acceptors (Lipinski definition) is 2. The van der Waals surface area contributed by atoms with Gasteiger partial charge in [0.05, 0.1) is 5.69 Å². The molecular formula is C12H15NO. The van der Waals surface area contributed by atoms with Crippen molar-refractivity contribution in [3.8, 4) is 5.75 Å². The summed E-state index contributed by atoms with van der Waals surface area (Å²) in [4.78, 5) is 4.58. The van der Waals surface area contributed by atoms with Crippen LogP contribution in [0.3, 0.4) is 0 Å². The van der Waals surface area contributed by atoms with Crippen LogP contribution in [0.5, 0.6) is 5.75 Å². The Morgan fingerprint density at radius 3 is 2.93 bits per heavy atom. The van der Waals surface area contributed by atoms with E-state index in [1.807, 2.05) is 12.1 Å². The van der Waals surface area contributed by atoms with Crippen molar-refractivity contribution < 1.29 is 4.74 Å². The van der Waals surface area contributed by atoms with Gasteiger partial charge in [0.15, 0.2) is 0 Å². The van der Waals surface area contributed by atoms with Crippen molar-refractivity contribution in [2.75, 3.05) is 6.61 Å². The maximum atomic E-state index is 5.51. The SMILES string of the molecule is C=C1COc2ccc(C(C)C)nc2C1. The molecule has 0 saturated carbocycles. The number of nitrogens with zero attached hydrogens (tertiary/aromatic N) is 1. The molecule has 0 aromatic carbocycles. The van der Waals surface area contributed by atoms with Crippen LogP contribution in [0.2, 0.25) is 0 Å². The second-order valence-corrected chi connectivity index (χ2v) is 4.05. The van der Waals surface area contributed by atoms with Crippen LogP contribution in [0, 0.1) is 0 Å². The van der Waals surface area contributed by atoms with Crippen molar-refractivity contribution in [3.63, 3.8) is 0 Å². The highest BCUT2D eigenvalue weighted by Gasteiger charge is 2.15. The Balaban J connectivity index is 2.37. The molecule has 0 unspecified atom stereocenters. The minimum atomic E-state index is 0.468. The molecule has 2 rings (SSSR count). The molecule has 0 aliphatic carbocycles. The largest absolute Gasteiger partial charge is 0.487 e. The van der Waals surface area contributed by atoms with Gasteiger partial charge in [0, 0.05) is 12.1 Å². The first-order valence-electron chi connectivity index (χ1n) is 4.96. The van der Waals surface area contributed by atoms with Gasteiger partial charge in [0.2, 0.25) is 0 Å². The fourth-order valence-corrected chi connectivity index (χ4v) is 1.55. The van der Waals surface area contributed by atoms with Gasteiger partial charge in [-0.3, -0.25) is 4.98 Å². The summed E-state index contributed by atoms with van der Waals surface area (Å²) < 4.78 is 5.51. The normalized spacial score (nSPS) is 15.2. The van der Waals surface area contributed by atoms with E-state index in [4.69, 9.17) is 4.74 Å². The Bertz CT molecular complexity index is 369. The molecule has 1 aromatic heterocycles. The van der Waals surface area contributed by atoms with E-state index in [-0.39, 0.29) is 0 Å². The highest BCUT2D eigenvalue weighted by Crippen LogP contribution is 2.26. The molecule has 1 aromatic rings. The lowest BCUT2D eigenvalue weighted by Crippen LogP contribution is -2.13. The molecule has 0 N–H and O–H groups in total. The van der Waals surface area contributed by atoms with Gasteiger partial charge in [-0.2, -0.15) is 0 Å². The minimum Gasteiger partial charge on any atom is -0.487 e. The third-order valence-electron chi connectivity index (χ3n) is 2.39. The highest BCUT2D eigenvalue weighted by molar-refractivity contribution is 5.35. The van der Waals surface area contributed by atoms with Crippen LogP contribution in [0.25, 0.3) is 0 Å². The van der Waals surface area contributed by atoms with E-state index < -0.39 is 0 Å². The first kappa shape index (κ1) is 9.25. The van der Waals surface area contributed by atoms with Gasteiger partial charge in [-0.05, 0) is 23.6 Å². The van der Waals surface area contributed by atoms with Crippen molar-refractivity contribution in [3.05, 3.63) is 35.7 Å². The molecule has 0 bridgehead atoms. The Kier molecular flexibility index (Phi) is 2.28. The molecule has 2 heteroatoms. The van der Waals surface area contributed by atoms with E-state index in [2.05, 4.69) is 25.4 Å². The fourth-order valence-electron chi connectivity index (χ4n) is 1.55. The van der Waals surface area contributed by atoms with Gasteiger partial charge in [0.1, 0.15) is 12.4 Å². The summed E-state index contributed by atoms with van der Waals surface area (Å²) in [5, 5.41) is 0. The van der Waals surface area contributed by atoms with Gasteiger partial charge in [-0.25, -0.2) is 0 Å². The summed E-state index contributed by atoms with van der Waals surface area (Å²) in [6.45, 7) is 8.85. The van der Waals surface area contributed by atoms with E-state index in [0.29, 0.717) is 12.5 Å². The predicted molar refractivity (Wildman–Crippen MR) is 56.7 cm³/mol. The second-order valence-electron chi connectivity index (χ2n) is 4.05. The summed E-state index contributed by atoms with van der Waals surface area (Å²) in [6, 6.07) is 4.06. The Morgan fingerprint density at radius 2 is 2.21 bits per heavy atom. The number of hydrogen-bond donors (Lipinski definition) is 0. The molecule has 0 atom stereocenters. The van der Waals surface area contributed by atoms with E-state index in [1.54, 1.807) is 0 Å². The van der Waals surface area contributed by atoms with Gasteiger partial charge in [-0.15, -0.1) is 0 Å². The van der Waals surface area contributed by atoms with E-state index in [9.17, 15) is 0 Å². The quantitative estimate of drug-likeness (QED) is 0.634.